The highest BCUT2D eigenvalue weighted by Gasteiger charge is 2.26. The smallest absolute Gasteiger partial charge is 0.270 e. The van der Waals surface area contributed by atoms with Crippen molar-refractivity contribution in [3.63, 3.8) is 0 Å². The van der Waals surface area contributed by atoms with Crippen molar-refractivity contribution in [2.75, 3.05) is 7.11 Å². The molecule has 0 aliphatic carbocycles. The van der Waals surface area contributed by atoms with Crippen LogP contribution in [-0.2, 0) is 10.0 Å². The summed E-state index contributed by atoms with van der Waals surface area (Å²) in [6.45, 7) is 5.79. The van der Waals surface area contributed by atoms with Gasteiger partial charge in [0.2, 0.25) is 0 Å². The molecule has 0 atom stereocenters. The van der Waals surface area contributed by atoms with Gasteiger partial charge < -0.3 is 4.74 Å². The number of halogens is 1. The first-order chi connectivity index (χ1) is 15.2. The van der Waals surface area contributed by atoms with Crippen molar-refractivity contribution in [3.05, 3.63) is 74.6 Å². The molecule has 2 heterocycles. The third kappa shape index (κ3) is 3.45. The van der Waals surface area contributed by atoms with Crippen LogP contribution >= 0.6 is 22.6 Å². The van der Waals surface area contributed by atoms with E-state index in [0.717, 1.165) is 22.3 Å². The third-order valence-electron chi connectivity index (χ3n) is 5.53. The van der Waals surface area contributed by atoms with Crippen molar-refractivity contribution in [2.24, 2.45) is 0 Å². The van der Waals surface area contributed by atoms with Crippen LogP contribution in [-0.4, -0.2) is 24.5 Å². The number of rotatable bonds is 4. The molecule has 32 heavy (non-hydrogen) atoms. The Morgan fingerprint density at radius 2 is 1.78 bits per heavy atom. The predicted molar refractivity (Wildman–Crippen MR) is 132 cm³/mol. The van der Waals surface area contributed by atoms with Crippen molar-refractivity contribution >= 4 is 43.6 Å². The van der Waals surface area contributed by atoms with E-state index in [4.69, 9.17) is 4.74 Å². The van der Waals surface area contributed by atoms with Gasteiger partial charge in [0.1, 0.15) is 11.8 Å². The van der Waals surface area contributed by atoms with E-state index in [1.807, 2.05) is 55.5 Å². The maximum absolute atomic E-state index is 13.4. The lowest BCUT2D eigenvalue weighted by Gasteiger charge is -2.15. The van der Waals surface area contributed by atoms with Crippen molar-refractivity contribution in [2.45, 2.75) is 25.7 Å². The van der Waals surface area contributed by atoms with Gasteiger partial charge in [-0.3, -0.25) is 0 Å². The van der Waals surface area contributed by atoms with Gasteiger partial charge in [-0.1, -0.05) is 23.8 Å². The standard InChI is InChI=1S/C24H20IN3O3S/c1-14-5-8-17(9-6-14)32(29,30)28-22(25)11-18-19(12-26)20(13-27-24(18)28)23-15(2)7-10-21(31-4)16(23)3/h5-11,13H,1-4H3. The number of nitriles is 1. The van der Waals surface area contributed by atoms with Crippen LogP contribution in [0.3, 0.4) is 0 Å². The van der Waals surface area contributed by atoms with Crippen LogP contribution in [0.5, 0.6) is 5.75 Å². The quantitative estimate of drug-likeness (QED) is 0.316. The molecule has 0 unspecified atom stereocenters. The monoisotopic (exact) mass is 557 g/mol. The van der Waals surface area contributed by atoms with Gasteiger partial charge in [0.15, 0.2) is 5.65 Å². The summed E-state index contributed by atoms with van der Waals surface area (Å²) < 4.78 is 33.9. The van der Waals surface area contributed by atoms with Gasteiger partial charge in [0.05, 0.1) is 21.3 Å². The second-order valence-electron chi connectivity index (χ2n) is 7.53. The fourth-order valence-electron chi connectivity index (χ4n) is 3.91. The van der Waals surface area contributed by atoms with Crippen molar-refractivity contribution in [1.82, 2.24) is 8.96 Å². The molecule has 4 aromatic rings. The van der Waals surface area contributed by atoms with Crippen LogP contribution in [0.4, 0.5) is 0 Å². The van der Waals surface area contributed by atoms with Crippen LogP contribution in [0.2, 0.25) is 0 Å². The summed E-state index contributed by atoms with van der Waals surface area (Å²) in [6.07, 6.45) is 1.58. The van der Waals surface area contributed by atoms with Gasteiger partial charge in [-0.15, -0.1) is 0 Å². The number of methoxy groups -OCH3 is 1. The summed E-state index contributed by atoms with van der Waals surface area (Å²) >= 11 is 1.97. The first-order valence-corrected chi connectivity index (χ1v) is 12.3. The molecule has 6 nitrogen and oxygen atoms in total. The second kappa shape index (κ2) is 8.22. The summed E-state index contributed by atoms with van der Waals surface area (Å²) in [7, 11) is -2.28. The average Bonchev–Trinajstić information content (AvgIpc) is 3.10. The van der Waals surface area contributed by atoms with E-state index in [1.165, 1.54) is 3.97 Å². The molecule has 2 aromatic carbocycles. The highest BCUT2D eigenvalue weighted by molar-refractivity contribution is 14.1. The fourth-order valence-corrected chi connectivity index (χ4v) is 6.58. The second-order valence-corrected chi connectivity index (χ2v) is 10.4. The maximum atomic E-state index is 13.4. The zero-order valence-electron chi connectivity index (χ0n) is 18.0. The van der Waals surface area contributed by atoms with Gasteiger partial charge in [-0.05, 0) is 84.3 Å². The largest absolute Gasteiger partial charge is 0.496 e. The first kappa shape index (κ1) is 22.3. The van der Waals surface area contributed by atoms with E-state index in [0.29, 0.717) is 26.0 Å². The molecule has 2 aromatic heterocycles. The zero-order chi connectivity index (χ0) is 23.2. The third-order valence-corrected chi connectivity index (χ3v) is 8.37. The number of aryl methyl sites for hydroxylation is 2. The molecule has 0 fully saturated rings. The Morgan fingerprint density at radius 1 is 1.09 bits per heavy atom. The molecular formula is C24H20IN3O3S. The lowest BCUT2D eigenvalue weighted by atomic mass is 9.92. The Balaban J connectivity index is 2.01. The van der Waals surface area contributed by atoms with Gasteiger partial charge in [-0.2, -0.15) is 5.26 Å². The molecule has 0 aliphatic rings. The van der Waals surface area contributed by atoms with E-state index in [9.17, 15) is 13.7 Å². The van der Waals surface area contributed by atoms with E-state index >= 15 is 0 Å². The lowest BCUT2D eigenvalue weighted by molar-refractivity contribution is 0.412. The molecule has 8 heteroatoms. The number of fused-ring (bicyclic) bond motifs is 1. The highest BCUT2D eigenvalue weighted by atomic mass is 127. The Kier molecular flexibility index (Phi) is 5.73. The van der Waals surface area contributed by atoms with Gasteiger partial charge in [0, 0.05) is 17.1 Å². The molecule has 0 radical (unpaired) electrons. The molecule has 162 valence electrons. The van der Waals surface area contributed by atoms with Gasteiger partial charge in [0.25, 0.3) is 10.0 Å². The lowest BCUT2D eigenvalue weighted by Crippen LogP contribution is -2.15. The molecular weight excluding hydrogens is 537 g/mol. The molecule has 0 aliphatic heterocycles. The van der Waals surface area contributed by atoms with Crippen LogP contribution < -0.4 is 4.74 Å². The van der Waals surface area contributed by atoms with Crippen molar-refractivity contribution in [3.8, 4) is 22.9 Å². The van der Waals surface area contributed by atoms with Crippen LogP contribution in [0.15, 0.2) is 53.6 Å². The minimum absolute atomic E-state index is 0.169. The average molecular weight is 557 g/mol. The van der Waals surface area contributed by atoms with Gasteiger partial charge in [-0.25, -0.2) is 17.4 Å². The van der Waals surface area contributed by atoms with E-state index in [-0.39, 0.29) is 10.5 Å². The number of hydrogen-bond acceptors (Lipinski definition) is 5. The van der Waals surface area contributed by atoms with Crippen LogP contribution in [0, 0.1) is 35.8 Å². The Hall–Kier alpha value is -2.90. The number of nitrogens with zero attached hydrogens (tertiary/aromatic N) is 3. The minimum atomic E-state index is -3.88. The van der Waals surface area contributed by atoms with Crippen molar-refractivity contribution < 1.29 is 13.2 Å². The molecule has 0 saturated heterocycles. The SMILES string of the molecule is COc1ccc(C)c(-c2cnc3c(cc(I)n3S(=O)(=O)c3ccc(C)cc3)c2C#N)c1C. The topological polar surface area (TPSA) is 85.0 Å². The predicted octanol–water partition coefficient (Wildman–Crippen LogP) is 5.35. The minimum Gasteiger partial charge on any atom is -0.496 e. The molecule has 0 bridgehead atoms. The van der Waals surface area contributed by atoms with Crippen LogP contribution in [0.1, 0.15) is 22.3 Å². The first-order valence-electron chi connectivity index (χ1n) is 9.77. The molecule has 4 rings (SSSR count). The molecule has 0 saturated carbocycles. The Morgan fingerprint density at radius 3 is 2.41 bits per heavy atom. The zero-order valence-corrected chi connectivity index (χ0v) is 20.9. The molecule has 0 N–H and O–H groups in total. The summed E-state index contributed by atoms with van der Waals surface area (Å²) in [6, 6.07) is 14.5. The van der Waals surface area contributed by atoms with E-state index in [1.54, 1.807) is 43.6 Å². The van der Waals surface area contributed by atoms with E-state index in [2.05, 4.69) is 11.1 Å². The van der Waals surface area contributed by atoms with E-state index < -0.39 is 10.0 Å². The number of hydrogen-bond donors (Lipinski definition) is 0. The number of pyridine rings is 1. The Bertz CT molecular complexity index is 1520. The maximum Gasteiger partial charge on any atom is 0.270 e. The summed E-state index contributed by atoms with van der Waals surface area (Å²) in [5, 5.41) is 10.6. The van der Waals surface area contributed by atoms with Crippen molar-refractivity contribution in [1.29, 1.82) is 5.26 Å². The fraction of sp³-hybridized carbons (Fsp3) is 0.167. The Labute approximate surface area is 200 Å². The number of benzene rings is 2. The van der Waals surface area contributed by atoms with Crippen LogP contribution in [0.25, 0.3) is 22.2 Å². The molecule has 0 spiro atoms. The number of ether oxygens (including phenoxy) is 1. The summed E-state index contributed by atoms with van der Waals surface area (Å²) in [5.74, 6) is 0.712. The number of aromatic nitrogens is 2. The van der Waals surface area contributed by atoms with Gasteiger partial charge >= 0.3 is 0 Å². The normalized spacial score (nSPS) is 11.5. The summed E-state index contributed by atoms with van der Waals surface area (Å²) in [4.78, 5) is 4.69. The molecule has 0 amide bonds. The highest BCUT2D eigenvalue weighted by Crippen LogP contribution is 2.38. The summed E-state index contributed by atoms with van der Waals surface area (Å²) in [5.41, 5.74) is 4.96.